The highest BCUT2D eigenvalue weighted by atomic mass is 16.5. The number of hydrogen-bond acceptors (Lipinski definition) is 3. The van der Waals surface area contributed by atoms with Crippen LogP contribution in [0.2, 0.25) is 0 Å². The van der Waals surface area contributed by atoms with Crippen LogP contribution in [0.3, 0.4) is 0 Å². The summed E-state index contributed by atoms with van der Waals surface area (Å²) in [5.41, 5.74) is -0.618. The summed E-state index contributed by atoms with van der Waals surface area (Å²) in [5, 5.41) is 9.77. The van der Waals surface area contributed by atoms with Gasteiger partial charge in [-0.15, -0.1) is 0 Å². The zero-order valence-corrected chi connectivity index (χ0v) is 7.53. The minimum absolute atomic E-state index is 0.212. The lowest BCUT2D eigenvalue weighted by molar-refractivity contribution is -0.170. The minimum atomic E-state index is -0.644. The van der Waals surface area contributed by atoms with Crippen LogP contribution in [0.15, 0.2) is 12.2 Å². The zero-order chi connectivity index (χ0) is 9.31. The van der Waals surface area contributed by atoms with Crippen molar-refractivity contribution in [3.63, 3.8) is 0 Å². The van der Waals surface area contributed by atoms with E-state index in [1.165, 1.54) is 0 Å². The predicted octanol–water partition coefficient (Wildman–Crippen LogP) is 1.02. The number of carbonyl (C=O) groups excluding carboxylic acids is 1. The number of allylic oxidation sites excluding steroid dienone is 1. The summed E-state index contributed by atoms with van der Waals surface area (Å²) in [6, 6.07) is 0. The molecule has 0 radical (unpaired) electrons. The molecule has 3 nitrogen and oxygen atoms in total. The summed E-state index contributed by atoms with van der Waals surface area (Å²) in [5.74, 6) is -0.212. The molecule has 3 heteroatoms. The van der Waals surface area contributed by atoms with E-state index in [4.69, 9.17) is 4.74 Å². The second-order valence-corrected chi connectivity index (χ2v) is 3.81. The maximum atomic E-state index is 11.6. The SMILES string of the molecule is O=C1OCCC[C@]12CCC=C[C@H]2O. The summed E-state index contributed by atoms with van der Waals surface area (Å²) in [6.45, 7) is 0.511. The maximum Gasteiger partial charge on any atom is 0.315 e. The van der Waals surface area contributed by atoms with E-state index in [1.807, 2.05) is 6.08 Å². The molecule has 1 fully saturated rings. The Labute approximate surface area is 77.4 Å². The van der Waals surface area contributed by atoms with E-state index < -0.39 is 11.5 Å². The molecule has 0 aromatic carbocycles. The fraction of sp³-hybridized carbons (Fsp3) is 0.700. The van der Waals surface area contributed by atoms with Gasteiger partial charge in [0.15, 0.2) is 0 Å². The van der Waals surface area contributed by atoms with Gasteiger partial charge in [0, 0.05) is 0 Å². The second-order valence-electron chi connectivity index (χ2n) is 3.81. The van der Waals surface area contributed by atoms with Crippen molar-refractivity contribution in [2.75, 3.05) is 6.61 Å². The quantitative estimate of drug-likeness (QED) is 0.449. The molecule has 0 amide bonds. The largest absolute Gasteiger partial charge is 0.465 e. The number of rotatable bonds is 0. The first kappa shape index (κ1) is 8.75. The van der Waals surface area contributed by atoms with Gasteiger partial charge in [0.25, 0.3) is 0 Å². The van der Waals surface area contributed by atoms with E-state index in [0.29, 0.717) is 6.61 Å². The van der Waals surface area contributed by atoms with Crippen molar-refractivity contribution >= 4 is 5.97 Å². The van der Waals surface area contributed by atoms with Gasteiger partial charge >= 0.3 is 5.97 Å². The number of cyclic esters (lactones) is 1. The summed E-state index contributed by atoms with van der Waals surface area (Å²) >= 11 is 0. The molecule has 1 N–H and O–H groups in total. The van der Waals surface area contributed by atoms with Gasteiger partial charge in [-0.05, 0) is 25.7 Å². The van der Waals surface area contributed by atoms with Crippen LogP contribution in [-0.4, -0.2) is 23.8 Å². The molecule has 0 aromatic heterocycles. The molecule has 1 spiro atoms. The number of aliphatic hydroxyl groups is 1. The van der Waals surface area contributed by atoms with Crippen LogP contribution in [0.1, 0.15) is 25.7 Å². The fourth-order valence-corrected chi connectivity index (χ4v) is 2.19. The van der Waals surface area contributed by atoms with Crippen LogP contribution in [0.4, 0.5) is 0 Å². The molecule has 0 saturated carbocycles. The van der Waals surface area contributed by atoms with Crippen molar-refractivity contribution in [3.8, 4) is 0 Å². The normalized spacial score (nSPS) is 39.2. The molecule has 72 valence electrons. The van der Waals surface area contributed by atoms with E-state index in [9.17, 15) is 9.90 Å². The third kappa shape index (κ3) is 1.27. The van der Waals surface area contributed by atoms with Crippen LogP contribution < -0.4 is 0 Å². The van der Waals surface area contributed by atoms with E-state index in [1.54, 1.807) is 6.08 Å². The summed E-state index contributed by atoms with van der Waals surface area (Å²) in [7, 11) is 0. The smallest absolute Gasteiger partial charge is 0.315 e. The third-order valence-electron chi connectivity index (χ3n) is 3.05. The van der Waals surface area contributed by atoms with Crippen molar-refractivity contribution in [1.82, 2.24) is 0 Å². The first-order valence-corrected chi connectivity index (χ1v) is 4.78. The minimum Gasteiger partial charge on any atom is -0.465 e. The summed E-state index contributed by atoms with van der Waals surface area (Å²) in [6.07, 6.45) is 6.23. The predicted molar refractivity (Wildman–Crippen MR) is 47.0 cm³/mol. The molecule has 13 heavy (non-hydrogen) atoms. The number of esters is 1. The molecule has 0 unspecified atom stereocenters. The van der Waals surface area contributed by atoms with Gasteiger partial charge in [0.2, 0.25) is 0 Å². The van der Waals surface area contributed by atoms with Gasteiger partial charge in [-0.2, -0.15) is 0 Å². The molecule has 1 aliphatic carbocycles. The third-order valence-corrected chi connectivity index (χ3v) is 3.05. The van der Waals surface area contributed by atoms with E-state index in [-0.39, 0.29) is 5.97 Å². The van der Waals surface area contributed by atoms with Crippen LogP contribution in [0.5, 0.6) is 0 Å². The van der Waals surface area contributed by atoms with Gasteiger partial charge in [0.05, 0.1) is 18.1 Å². The van der Waals surface area contributed by atoms with Gasteiger partial charge < -0.3 is 9.84 Å². The lowest BCUT2D eigenvalue weighted by Crippen LogP contribution is -2.46. The van der Waals surface area contributed by atoms with Gasteiger partial charge in [-0.1, -0.05) is 12.2 Å². The lowest BCUT2D eigenvalue weighted by Gasteiger charge is -2.39. The van der Waals surface area contributed by atoms with Crippen molar-refractivity contribution in [2.24, 2.45) is 5.41 Å². The first-order chi connectivity index (χ1) is 6.26. The molecule has 1 aliphatic heterocycles. The van der Waals surface area contributed by atoms with E-state index in [0.717, 1.165) is 25.7 Å². The van der Waals surface area contributed by atoms with Crippen LogP contribution in [0.25, 0.3) is 0 Å². The average Bonchev–Trinajstić information content (AvgIpc) is 2.15. The Morgan fingerprint density at radius 2 is 2.38 bits per heavy atom. The highest BCUT2D eigenvalue weighted by Gasteiger charge is 2.47. The molecule has 1 saturated heterocycles. The Morgan fingerprint density at radius 1 is 1.54 bits per heavy atom. The Balaban J connectivity index is 2.25. The molecule has 2 atom stereocenters. The molecular weight excluding hydrogens is 168 g/mol. The highest BCUT2D eigenvalue weighted by molar-refractivity contribution is 5.78. The second kappa shape index (κ2) is 3.14. The number of aliphatic hydroxyl groups excluding tert-OH is 1. The molecule has 1 heterocycles. The Kier molecular flexibility index (Phi) is 2.12. The Bertz CT molecular complexity index is 247. The summed E-state index contributed by atoms with van der Waals surface area (Å²) in [4.78, 5) is 11.6. The zero-order valence-electron chi connectivity index (χ0n) is 7.53. The number of carbonyl (C=O) groups is 1. The number of hydrogen-bond donors (Lipinski definition) is 1. The van der Waals surface area contributed by atoms with Gasteiger partial charge in [0.1, 0.15) is 0 Å². The Hall–Kier alpha value is -0.830. The molecule has 0 aromatic rings. The topological polar surface area (TPSA) is 46.5 Å². The molecule has 2 aliphatic rings. The van der Waals surface area contributed by atoms with E-state index >= 15 is 0 Å². The Morgan fingerprint density at radius 3 is 3.08 bits per heavy atom. The average molecular weight is 182 g/mol. The molecule has 0 bridgehead atoms. The van der Waals surface area contributed by atoms with Crippen LogP contribution >= 0.6 is 0 Å². The lowest BCUT2D eigenvalue weighted by atomic mass is 9.71. The van der Waals surface area contributed by atoms with Gasteiger partial charge in [-0.3, -0.25) is 4.79 Å². The summed E-state index contributed by atoms with van der Waals surface area (Å²) < 4.78 is 5.01. The van der Waals surface area contributed by atoms with Crippen molar-refractivity contribution in [1.29, 1.82) is 0 Å². The molecular formula is C10H14O3. The van der Waals surface area contributed by atoms with Gasteiger partial charge in [-0.25, -0.2) is 0 Å². The van der Waals surface area contributed by atoms with Crippen molar-refractivity contribution in [3.05, 3.63) is 12.2 Å². The van der Waals surface area contributed by atoms with Crippen molar-refractivity contribution < 1.29 is 14.6 Å². The monoisotopic (exact) mass is 182 g/mol. The number of ether oxygens (including phenoxy) is 1. The van der Waals surface area contributed by atoms with Crippen LogP contribution in [0, 0.1) is 5.41 Å². The van der Waals surface area contributed by atoms with Crippen molar-refractivity contribution in [2.45, 2.75) is 31.8 Å². The molecule has 2 rings (SSSR count). The first-order valence-electron chi connectivity index (χ1n) is 4.78. The maximum absolute atomic E-state index is 11.6. The highest BCUT2D eigenvalue weighted by Crippen LogP contribution is 2.40. The fourth-order valence-electron chi connectivity index (χ4n) is 2.19. The van der Waals surface area contributed by atoms with E-state index in [2.05, 4.69) is 0 Å². The standard InChI is InChI=1S/C10H14O3/c11-8-4-1-2-5-10(8)6-3-7-13-9(10)12/h1,4,8,11H,2-3,5-7H2/t8-,10+/m1/s1. The van der Waals surface area contributed by atoms with Crippen LogP contribution in [-0.2, 0) is 9.53 Å².